The predicted molar refractivity (Wildman–Crippen MR) is 104 cm³/mol. The number of aryl methyl sites for hydroxylation is 1. The summed E-state index contributed by atoms with van der Waals surface area (Å²) in [7, 11) is 1.41. The second-order valence-corrected chi connectivity index (χ2v) is 5.97. The number of para-hydroxylation sites is 1. The summed E-state index contributed by atoms with van der Waals surface area (Å²) in [5.41, 5.74) is 1.78. The highest BCUT2D eigenvalue weighted by atomic mass is 16.5. The van der Waals surface area contributed by atoms with E-state index in [-0.39, 0.29) is 17.1 Å². The number of hydrogen-bond donors (Lipinski definition) is 2. The molecule has 0 aliphatic heterocycles. The second kappa shape index (κ2) is 9.24. The average Bonchev–Trinajstić information content (AvgIpc) is 2.68. The molecule has 0 bridgehead atoms. The van der Waals surface area contributed by atoms with Crippen LogP contribution in [0.5, 0.6) is 11.5 Å². The maximum atomic E-state index is 12.5. The van der Waals surface area contributed by atoms with Crippen LogP contribution < -0.4 is 14.8 Å². The highest BCUT2D eigenvalue weighted by Crippen LogP contribution is 2.33. The second-order valence-electron chi connectivity index (χ2n) is 5.97. The standard InChI is InChI=1S/C21H20N2O5/c1-13-7-9-17(10-8-13)23-20(24)16(12-22)11-15-5-4-6-18(27-3)19(15)28-14(2)21(25)26/h4-11,14H,1-3H3,(H,23,24)(H,25,26)/b16-11-/t14-/m1/s1. The number of hydrogen-bond acceptors (Lipinski definition) is 5. The first-order valence-corrected chi connectivity index (χ1v) is 8.42. The Morgan fingerprint density at radius 3 is 2.46 bits per heavy atom. The van der Waals surface area contributed by atoms with Gasteiger partial charge in [-0.2, -0.15) is 5.26 Å². The SMILES string of the molecule is COc1cccc(/C=C(/C#N)C(=O)Nc2ccc(C)cc2)c1O[C@H](C)C(=O)O. The quantitative estimate of drug-likeness (QED) is 0.563. The molecule has 1 amide bonds. The first kappa shape index (κ1) is 20.5. The molecular weight excluding hydrogens is 360 g/mol. The molecule has 2 aromatic rings. The molecule has 2 aromatic carbocycles. The lowest BCUT2D eigenvalue weighted by Crippen LogP contribution is -2.23. The zero-order chi connectivity index (χ0) is 20.7. The number of methoxy groups -OCH3 is 1. The van der Waals surface area contributed by atoms with E-state index in [4.69, 9.17) is 14.6 Å². The maximum Gasteiger partial charge on any atom is 0.344 e. The lowest BCUT2D eigenvalue weighted by atomic mass is 10.1. The number of carbonyl (C=O) groups excluding carboxylic acids is 1. The average molecular weight is 380 g/mol. The Hall–Kier alpha value is -3.79. The van der Waals surface area contributed by atoms with Crippen molar-refractivity contribution in [1.82, 2.24) is 0 Å². The summed E-state index contributed by atoms with van der Waals surface area (Å²) in [4.78, 5) is 23.6. The van der Waals surface area contributed by atoms with Gasteiger partial charge in [-0.25, -0.2) is 4.79 Å². The third-order valence-corrected chi connectivity index (χ3v) is 3.85. The molecule has 0 saturated carbocycles. The Bertz CT molecular complexity index is 942. The van der Waals surface area contributed by atoms with Gasteiger partial charge in [-0.05, 0) is 38.1 Å². The van der Waals surface area contributed by atoms with Gasteiger partial charge in [-0.3, -0.25) is 4.79 Å². The van der Waals surface area contributed by atoms with E-state index in [1.807, 2.05) is 25.1 Å². The van der Waals surface area contributed by atoms with Gasteiger partial charge in [0.2, 0.25) is 0 Å². The van der Waals surface area contributed by atoms with Crippen molar-refractivity contribution in [3.8, 4) is 17.6 Å². The molecule has 1 atom stereocenters. The minimum Gasteiger partial charge on any atom is -0.493 e. The number of nitrogens with zero attached hydrogens (tertiary/aromatic N) is 1. The lowest BCUT2D eigenvalue weighted by molar-refractivity contribution is -0.144. The van der Waals surface area contributed by atoms with Crippen LogP contribution in [0.2, 0.25) is 0 Å². The van der Waals surface area contributed by atoms with Crippen LogP contribution in [0.1, 0.15) is 18.1 Å². The Morgan fingerprint density at radius 1 is 1.21 bits per heavy atom. The fourth-order valence-corrected chi connectivity index (χ4v) is 2.30. The molecule has 2 N–H and O–H groups in total. The topological polar surface area (TPSA) is 109 Å². The van der Waals surface area contributed by atoms with E-state index in [1.54, 1.807) is 30.3 Å². The molecule has 0 saturated heterocycles. The van der Waals surface area contributed by atoms with Gasteiger partial charge in [0.15, 0.2) is 17.6 Å². The smallest absolute Gasteiger partial charge is 0.344 e. The molecule has 7 nitrogen and oxygen atoms in total. The Balaban J connectivity index is 2.37. The third-order valence-electron chi connectivity index (χ3n) is 3.85. The Kier molecular flexibility index (Phi) is 6.77. The van der Waals surface area contributed by atoms with Crippen molar-refractivity contribution >= 4 is 23.6 Å². The van der Waals surface area contributed by atoms with E-state index in [1.165, 1.54) is 20.1 Å². The summed E-state index contributed by atoms with van der Waals surface area (Å²) in [6.45, 7) is 3.30. The molecule has 0 aliphatic carbocycles. The van der Waals surface area contributed by atoms with E-state index in [0.29, 0.717) is 11.3 Å². The number of carboxylic acids is 1. The molecule has 0 unspecified atom stereocenters. The minimum absolute atomic E-state index is 0.135. The zero-order valence-corrected chi connectivity index (χ0v) is 15.7. The minimum atomic E-state index is -1.15. The largest absolute Gasteiger partial charge is 0.493 e. The number of anilines is 1. The molecule has 7 heteroatoms. The summed E-state index contributed by atoms with van der Waals surface area (Å²) in [6, 6.07) is 13.9. The number of ether oxygens (including phenoxy) is 2. The van der Waals surface area contributed by atoms with Gasteiger partial charge in [-0.15, -0.1) is 0 Å². The van der Waals surface area contributed by atoms with Crippen LogP contribution in [0.4, 0.5) is 5.69 Å². The van der Waals surface area contributed by atoms with Crippen LogP contribution in [-0.2, 0) is 9.59 Å². The van der Waals surface area contributed by atoms with Gasteiger partial charge >= 0.3 is 5.97 Å². The molecule has 144 valence electrons. The number of carboxylic acid groups (broad SMARTS) is 1. The number of benzene rings is 2. The number of nitriles is 1. The van der Waals surface area contributed by atoms with Gasteiger partial charge in [-0.1, -0.05) is 29.8 Å². The van der Waals surface area contributed by atoms with Crippen LogP contribution in [0, 0.1) is 18.3 Å². The fourth-order valence-electron chi connectivity index (χ4n) is 2.30. The highest BCUT2D eigenvalue weighted by Gasteiger charge is 2.19. The van der Waals surface area contributed by atoms with Crippen molar-refractivity contribution in [3.63, 3.8) is 0 Å². The summed E-state index contributed by atoms with van der Waals surface area (Å²) < 4.78 is 10.7. The molecule has 0 fully saturated rings. The van der Waals surface area contributed by atoms with Crippen LogP contribution in [-0.4, -0.2) is 30.2 Å². The van der Waals surface area contributed by atoms with E-state index < -0.39 is 18.0 Å². The van der Waals surface area contributed by atoms with Crippen molar-refractivity contribution in [1.29, 1.82) is 5.26 Å². The normalized spacial score (nSPS) is 11.9. The van der Waals surface area contributed by atoms with Crippen LogP contribution >= 0.6 is 0 Å². The fraction of sp³-hybridized carbons (Fsp3) is 0.190. The van der Waals surface area contributed by atoms with Gasteiger partial charge in [0.05, 0.1) is 7.11 Å². The van der Waals surface area contributed by atoms with Gasteiger partial charge in [0, 0.05) is 11.3 Å². The van der Waals surface area contributed by atoms with E-state index in [9.17, 15) is 14.9 Å². The van der Waals surface area contributed by atoms with Gasteiger partial charge in [0.25, 0.3) is 5.91 Å². The zero-order valence-electron chi connectivity index (χ0n) is 15.7. The first-order chi connectivity index (χ1) is 13.3. The highest BCUT2D eigenvalue weighted by molar-refractivity contribution is 6.09. The van der Waals surface area contributed by atoms with Gasteiger partial charge in [0.1, 0.15) is 11.6 Å². The number of aliphatic carboxylic acids is 1. The molecule has 28 heavy (non-hydrogen) atoms. The lowest BCUT2D eigenvalue weighted by Gasteiger charge is -2.16. The van der Waals surface area contributed by atoms with E-state index in [0.717, 1.165) is 5.56 Å². The summed E-state index contributed by atoms with van der Waals surface area (Å²) in [5.74, 6) is -1.32. The molecule has 0 aliphatic rings. The molecule has 0 radical (unpaired) electrons. The van der Waals surface area contributed by atoms with Crippen molar-refractivity contribution in [2.24, 2.45) is 0 Å². The third kappa shape index (κ3) is 5.11. The van der Waals surface area contributed by atoms with Crippen molar-refractivity contribution in [3.05, 3.63) is 59.2 Å². The number of nitrogens with one attached hydrogen (secondary N) is 1. The predicted octanol–water partition coefficient (Wildman–Crippen LogP) is 3.40. The molecule has 0 aromatic heterocycles. The monoisotopic (exact) mass is 380 g/mol. The van der Waals surface area contributed by atoms with Crippen molar-refractivity contribution < 1.29 is 24.2 Å². The van der Waals surface area contributed by atoms with Crippen LogP contribution in [0.3, 0.4) is 0 Å². The summed E-state index contributed by atoms with van der Waals surface area (Å²) >= 11 is 0. The summed E-state index contributed by atoms with van der Waals surface area (Å²) in [5, 5.41) is 21.2. The van der Waals surface area contributed by atoms with Crippen molar-refractivity contribution in [2.75, 3.05) is 12.4 Å². The van der Waals surface area contributed by atoms with Crippen LogP contribution in [0.25, 0.3) is 6.08 Å². The number of amides is 1. The number of carbonyl (C=O) groups is 2. The van der Waals surface area contributed by atoms with Crippen molar-refractivity contribution in [2.45, 2.75) is 20.0 Å². The maximum absolute atomic E-state index is 12.5. The first-order valence-electron chi connectivity index (χ1n) is 8.42. The molecule has 0 spiro atoms. The molecule has 0 heterocycles. The Labute approximate surface area is 162 Å². The Morgan fingerprint density at radius 2 is 1.89 bits per heavy atom. The number of rotatable bonds is 7. The van der Waals surface area contributed by atoms with Crippen LogP contribution in [0.15, 0.2) is 48.0 Å². The molecular formula is C21H20N2O5. The summed E-state index contributed by atoms with van der Waals surface area (Å²) in [6.07, 6.45) is 0.186. The molecule has 2 rings (SSSR count). The van der Waals surface area contributed by atoms with Gasteiger partial charge < -0.3 is 19.9 Å². The van der Waals surface area contributed by atoms with E-state index in [2.05, 4.69) is 5.32 Å². The van der Waals surface area contributed by atoms with E-state index >= 15 is 0 Å².